The van der Waals surface area contributed by atoms with Crippen LogP contribution in [0.25, 0.3) is 0 Å². The molecule has 1 aliphatic heterocycles. The van der Waals surface area contributed by atoms with Gasteiger partial charge in [0.1, 0.15) is 0 Å². The van der Waals surface area contributed by atoms with Crippen LogP contribution in [0.5, 0.6) is 0 Å². The molecule has 0 saturated carbocycles. The first kappa shape index (κ1) is 6.55. The Morgan fingerprint density at radius 3 is 1.33 bits per heavy atom. The Labute approximate surface area is 48.5 Å². The van der Waals surface area contributed by atoms with Crippen molar-refractivity contribution in [1.29, 1.82) is 0 Å². The molecule has 0 aromatic carbocycles. The maximum atomic E-state index is 7.74. The average molecular weight is 126 g/mol. The molecule has 0 aromatic heterocycles. The first-order valence-electron chi connectivity index (χ1n) is 1.02. The maximum Gasteiger partial charge on any atom is 0.461 e. The molecule has 1 aliphatic rings. The summed E-state index contributed by atoms with van der Waals surface area (Å²) in [5.41, 5.74) is 0. The average Bonchev–Trinajstić information content (AvgIpc) is 1.76. The van der Waals surface area contributed by atoms with Gasteiger partial charge in [-0.15, -0.1) is 9.78 Å². The molecule has 1 rings (SSSR count). The van der Waals surface area contributed by atoms with Crippen molar-refractivity contribution in [2.75, 3.05) is 0 Å². The smallest absolute Gasteiger partial charge is 0.315 e. The van der Waals surface area contributed by atoms with Crippen LogP contribution in [0.3, 0.4) is 0 Å². The zero-order valence-corrected chi connectivity index (χ0v) is 4.27. The molecule has 0 atom stereocenters. The summed E-state index contributed by atoms with van der Waals surface area (Å²) in [5.74, 6) is 0. The second-order valence-corrected chi connectivity index (χ2v) is 0.715. The van der Waals surface area contributed by atoms with E-state index in [1.807, 2.05) is 0 Å². The van der Waals surface area contributed by atoms with Crippen molar-refractivity contribution >= 4 is 0 Å². The first-order chi connectivity index (χ1) is 2.21. The van der Waals surface area contributed by atoms with E-state index in [-0.39, 0.29) is 21.7 Å². The molecule has 34 valence electrons. The summed E-state index contributed by atoms with van der Waals surface area (Å²) in [4.78, 5) is 7.01. The van der Waals surface area contributed by atoms with E-state index in [9.17, 15) is 0 Å². The zero-order valence-electron chi connectivity index (χ0n) is 2.71. The van der Waals surface area contributed by atoms with Crippen LogP contribution in [-0.2, 0) is 31.5 Å². The second-order valence-electron chi connectivity index (χ2n) is 0.715. The van der Waals surface area contributed by atoms with E-state index in [1.165, 1.54) is 0 Å². The van der Waals surface area contributed by atoms with Crippen LogP contribution in [0, 0.1) is 0 Å². The van der Waals surface area contributed by atoms with Gasteiger partial charge in [-0.2, -0.15) is 0 Å². The summed E-state index contributed by atoms with van der Waals surface area (Å²) in [6, 6.07) is 0. The van der Waals surface area contributed by atoms with Gasteiger partial charge in [-0.1, -0.05) is 0 Å². The van der Waals surface area contributed by atoms with Gasteiger partial charge >= 0.3 is 6.16 Å². The van der Waals surface area contributed by atoms with Gasteiger partial charge < -0.3 is 10.2 Å². The summed E-state index contributed by atoms with van der Waals surface area (Å²) >= 11 is 0. The fourth-order valence-electron chi connectivity index (χ4n) is 0.0373. The molecule has 0 amide bonds. The normalized spacial score (nSPS) is 25.0. The molecule has 0 aromatic rings. The fraction of sp³-hybridized carbons (Fsp3) is 1.00. The molecular weight excluding hydrogens is 124 g/mol. The summed E-state index contributed by atoms with van der Waals surface area (Å²) in [6.45, 7) is 0. The Morgan fingerprint density at radius 2 is 1.33 bits per heavy atom. The molecule has 0 unspecified atom stereocenters. The Bertz CT molecular complexity index is 45.5. The largest absolute Gasteiger partial charge is 0.461 e. The van der Waals surface area contributed by atoms with Crippen LogP contribution in [-0.4, -0.2) is 16.4 Å². The van der Waals surface area contributed by atoms with Crippen LogP contribution in [0.15, 0.2) is 0 Å². The third-order valence-corrected chi connectivity index (χ3v) is 0.232. The molecule has 6 heavy (non-hydrogen) atoms. The number of aliphatic hydroxyl groups is 2. The summed E-state index contributed by atoms with van der Waals surface area (Å²) in [7, 11) is 0. The van der Waals surface area contributed by atoms with Gasteiger partial charge in [0.25, 0.3) is 0 Å². The van der Waals surface area contributed by atoms with Gasteiger partial charge in [-0.05, 0) is 0 Å². The van der Waals surface area contributed by atoms with Crippen molar-refractivity contribution in [1.82, 2.24) is 0 Å². The molecule has 0 spiro atoms. The number of rotatable bonds is 0. The van der Waals surface area contributed by atoms with Crippen LogP contribution >= 0.6 is 0 Å². The molecule has 0 bridgehead atoms. The molecule has 1 saturated heterocycles. The molecule has 4 nitrogen and oxygen atoms in total. The van der Waals surface area contributed by atoms with Crippen molar-refractivity contribution in [2.24, 2.45) is 0 Å². The Balaban J connectivity index is 0.000000250. The summed E-state index contributed by atoms with van der Waals surface area (Å²) in [6.07, 6.45) is -2.25. The van der Waals surface area contributed by atoms with Crippen LogP contribution in [0.1, 0.15) is 0 Å². The van der Waals surface area contributed by atoms with E-state index in [2.05, 4.69) is 9.78 Å². The molecule has 5 heteroatoms. The molecule has 1 heterocycles. The SMILES string of the molecule is OC1(O)OO1.[Ti]. The van der Waals surface area contributed by atoms with Gasteiger partial charge in [0.15, 0.2) is 0 Å². The van der Waals surface area contributed by atoms with Gasteiger partial charge in [-0.3, -0.25) is 0 Å². The molecule has 1 fully saturated rings. The van der Waals surface area contributed by atoms with E-state index in [1.54, 1.807) is 0 Å². The van der Waals surface area contributed by atoms with Crippen molar-refractivity contribution in [3.05, 3.63) is 0 Å². The number of hydrogen-bond acceptors (Lipinski definition) is 4. The molecular formula is CH2O4Ti. The van der Waals surface area contributed by atoms with Crippen molar-refractivity contribution < 1.29 is 41.7 Å². The van der Waals surface area contributed by atoms with Gasteiger partial charge in [0.05, 0.1) is 0 Å². The third-order valence-electron chi connectivity index (χ3n) is 0.232. The van der Waals surface area contributed by atoms with Crippen molar-refractivity contribution in [2.45, 2.75) is 6.16 Å². The quantitative estimate of drug-likeness (QED) is 0.180. The predicted octanol–water partition coefficient (Wildman–Crippen LogP) is -1.46. The Kier molecular flexibility index (Phi) is 1.72. The topological polar surface area (TPSA) is 65.5 Å². The van der Waals surface area contributed by atoms with Gasteiger partial charge in [-0.25, -0.2) is 0 Å². The summed E-state index contributed by atoms with van der Waals surface area (Å²) < 4.78 is 0. The standard InChI is InChI=1S/CH2O4.Ti/c2-1(3)4-5-1;/h2-3H;. The Morgan fingerprint density at radius 1 is 1.17 bits per heavy atom. The first-order valence-corrected chi connectivity index (χ1v) is 1.02. The van der Waals surface area contributed by atoms with Crippen molar-refractivity contribution in [3.8, 4) is 0 Å². The summed E-state index contributed by atoms with van der Waals surface area (Å²) in [5, 5.41) is 15.5. The van der Waals surface area contributed by atoms with Crippen LogP contribution < -0.4 is 0 Å². The van der Waals surface area contributed by atoms with E-state index in [0.717, 1.165) is 0 Å². The van der Waals surface area contributed by atoms with E-state index in [0.29, 0.717) is 0 Å². The van der Waals surface area contributed by atoms with Gasteiger partial charge in [0, 0.05) is 21.7 Å². The van der Waals surface area contributed by atoms with Gasteiger partial charge in [0.2, 0.25) is 0 Å². The minimum Gasteiger partial charge on any atom is -0.315 e. The Hall–Kier alpha value is 0.554. The van der Waals surface area contributed by atoms with Crippen LogP contribution in [0.4, 0.5) is 0 Å². The molecule has 0 aliphatic carbocycles. The van der Waals surface area contributed by atoms with Crippen molar-refractivity contribution in [3.63, 3.8) is 0 Å². The minimum atomic E-state index is -2.25. The molecule has 0 radical (unpaired) electrons. The van der Waals surface area contributed by atoms with E-state index >= 15 is 0 Å². The monoisotopic (exact) mass is 126 g/mol. The van der Waals surface area contributed by atoms with Crippen LogP contribution in [0.2, 0.25) is 0 Å². The maximum absolute atomic E-state index is 7.74. The number of hydrogen-bond donors (Lipinski definition) is 2. The van der Waals surface area contributed by atoms with E-state index < -0.39 is 6.16 Å². The predicted molar refractivity (Wildman–Crippen MR) is 9.34 cm³/mol. The molecule has 2 N–H and O–H groups in total. The second kappa shape index (κ2) is 1.57. The van der Waals surface area contributed by atoms with E-state index in [4.69, 9.17) is 10.2 Å². The minimum absolute atomic E-state index is 0. The fourth-order valence-corrected chi connectivity index (χ4v) is 0.0373. The third kappa shape index (κ3) is 1.86. The zero-order chi connectivity index (χ0) is 3.91.